The average molecular weight is 412 g/mol. The van der Waals surface area contributed by atoms with Crippen LogP contribution in [0.1, 0.15) is 12.8 Å². The van der Waals surface area contributed by atoms with Gasteiger partial charge in [-0.3, -0.25) is 4.79 Å². The number of fused-ring (bicyclic) bond motifs is 1. The first-order valence-electron chi connectivity index (χ1n) is 9.88. The zero-order chi connectivity index (χ0) is 20.1. The molecule has 1 fully saturated rings. The molecule has 0 atom stereocenters. The lowest BCUT2D eigenvalue weighted by molar-refractivity contribution is -0.125. The van der Waals surface area contributed by atoms with E-state index >= 15 is 0 Å². The smallest absolute Gasteiger partial charge is 0.223 e. The molecule has 1 saturated heterocycles. The second-order valence-corrected chi connectivity index (χ2v) is 8.05. The molecule has 1 N–H and O–H groups in total. The van der Waals surface area contributed by atoms with Crippen molar-refractivity contribution in [1.29, 1.82) is 0 Å². The summed E-state index contributed by atoms with van der Waals surface area (Å²) in [5, 5.41) is 4.02. The lowest BCUT2D eigenvalue weighted by Crippen LogP contribution is -2.41. The first-order valence-corrected chi connectivity index (χ1v) is 10.7. The van der Waals surface area contributed by atoms with Gasteiger partial charge in [-0.15, -0.1) is 0 Å². The number of ether oxygens (including phenoxy) is 2. The van der Waals surface area contributed by atoms with Gasteiger partial charge in [-0.05, 0) is 43.2 Å². The second-order valence-electron chi connectivity index (χ2n) is 7.04. The van der Waals surface area contributed by atoms with Crippen LogP contribution in [0.25, 0.3) is 10.2 Å². The third-order valence-electron chi connectivity index (χ3n) is 5.13. The number of thiazole rings is 1. The van der Waals surface area contributed by atoms with Crippen LogP contribution in [-0.4, -0.2) is 44.2 Å². The number of aromatic nitrogens is 1. The normalized spacial score (nSPS) is 14.7. The molecule has 7 heteroatoms. The van der Waals surface area contributed by atoms with Crippen molar-refractivity contribution >= 4 is 32.6 Å². The number of carbonyl (C=O) groups excluding carboxylic acids is 1. The van der Waals surface area contributed by atoms with Gasteiger partial charge in [0.05, 0.1) is 23.9 Å². The molecule has 29 heavy (non-hydrogen) atoms. The number of nitrogens with one attached hydrogen (secondary N) is 1. The fourth-order valence-electron chi connectivity index (χ4n) is 3.49. The minimum absolute atomic E-state index is 0.0532. The predicted molar refractivity (Wildman–Crippen MR) is 116 cm³/mol. The Labute approximate surface area is 174 Å². The molecule has 0 saturated carbocycles. The van der Waals surface area contributed by atoms with Crippen LogP contribution >= 0.6 is 11.3 Å². The van der Waals surface area contributed by atoms with Crippen molar-refractivity contribution in [2.45, 2.75) is 12.8 Å². The maximum atomic E-state index is 12.5. The van der Waals surface area contributed by atoms with Gasteiger partial charge in [-0.2, -0.15) is 0 Å². The number of methoxy groups -OCH3 is 1. The van der Waals surface area contributed by atoms with E-state index in [0.717, 1.165) is 52.8 Å². The molecular weight excluding hydrogens is 386 g/mol. The highest BCUT2D eigenvalue weighted by Crippen LogP contribution is 2.33. The van der Waals surface area contributed by atoms with Crippen LogP contribution in [0.15, 0.2) is 48.5 Å². The lowest BCUT2D eigenvalue weighted by atomic mass is 9.96. The van der Waals surface area contributed by atoms with Crippen LogP contribution in [0.2, 0.25) is 0 Å². The molecule has 1 aromatic heterocycles. The van der Waals surface area contributed by atoms with Crippen LogP contribution in [-0.2, 0) is 4.79 Å². The van der Waals surface area contributed by atoms with Gasteiger partial charge < -0.3 is 19.7 Å². The van der Waals surface area contributed by atoms with E-state index in [1.54, 1.807) is 18.4 Å². The summed E-state index contributed by atoms with van der Waals surface area (Å²) in [5.74, 6) is 1.84. The quantitative estimate of drug-likeness (QED) is 0.601. The molecule has 152 valence electrons. The van der Waals surface area contributed by atoms with Gasteiger partial charge >= 0.3 is 0 Å². The Kier molecular flexibility index (Phi) is 6.14. The number of benzene rings is 2. The molecule has 4 rings (SSSR count). The van der Waals surface area contributed by atoms with E-state index in [2.05, 4.69) is 10.2 Å². The van der Waals surface area contributed by atoms with Crippen molar-refractivity contribution in [3.8, 4) is 11.5 Å². The maximum absolute atomic E-state index is 12.5. The maximum Gasteiger partial charge on any atom is 0.223 e. The van der Waals surface area contributed by atoms with E-state index < -0.39 is 0 Å². The molecule has 1 aliphatic heterocycles. The summed E-state index contributed by atoms with van der Waals surface area (Å²) < 4.78 is 12.0. The lowest BCUT2D eigenvalue weighted by Gasteiger charge is -2.31. The fourth-order valence-corrected chi connectivity index (χ4v) is 4.54. The molecule has 0 aliphatic carbocycles. The van der Waals surface area contributed by atoms with E-state index in [-0.39, 0.29) is 11.8 Å². The van der Waals surface area contributed by atoms with Gasteiger partial charge in [-0.25, -0.2) is 4.98 Å². The van der Waals surface area contributed by atoms with Crippen molar-refractivity contribution < 1.29 is 14.3 Å². The third kappa shape index (κ3) is 4.79. The standard InChI is InChI=1S/C22H25N3O3S/c1-27-18-7-8-19-20(15-18)29-22(24-19)25-12-9-16(10-13-25)21(26)23-11-14-28-17-5-3-2-4-6-17/h2-8,15-16H,9-14H2,1H3,(H,23,26). The zero-order valence-electron chi connectivity index (χ0n) is 16.5. The van der Waals surface area contributed by atoms with Crippen molar-refractivity contribution in [2.24, 2.45) is 5.92 Å². The number of rotatable bonds is 7. The summed E-state index contributed by atoms with van der Waals surface area (Å²) in [7, 11) is 1.67. The van der Waals surface area contributed by atoms with Gasteiger partial charge in [0.1, 0.15) is 18.1 Å². The number of nitrogens with zero attached hydrogens (tertiary/aromatic N) is 2. The molecule has 1 aliphatic rings. The van der Waals surface area contributed by atoms with E-state index in [1.165, 1.54) is 0 Å². The van der Waals surface area contributed by atoms with Crippen LogP contribution < -0.4 is 19.7 Å². The molecule has 0 unspecified atom stereocenters. The highest BCUT2D eigenvalue weighted by atomic mass is 32.1. The van der Waals surface area contributed by atoms with Crippen LogP contribution in [0.5, 0.6) is 11.5 Å². The van der Waals surface area contributed by atoms with Gasteiger partial charge in [0, 0.05) is 19.0 Å². The fraction of sp³-hybridized carbons (Fsp3) is 0.364. The Morgan fingerprint density at radius 1 is 1.17 bits per heavy atom. The number of para-hydroxylation sites is 1. The van der Waals surface area contributed by atoms with Crippen molar-refractivity contribution in [2.75, 3.05) is 38.3 Å². The average Bonchev–Trinajstić information content (AvgIpc) is 3.20. The zero-order valence-corrected chi connectivity index (χ0v) is 17.3. The molecule has 2 heterocycles. The largest absolute Gasteiger partial charge is 0.497 e. The van der Waals surface area contributed by atoms with Crippen molar-refractivity contribution in [1.82, 2.24) is 10.3 Å². The van der Waals surface area contributed by atoms with Crippen LogP contribution in [0.4, 0.5) is 5.13 Å². The summed E-state index contributed by atoms with van der Waals surface area (Å²) in [6.45, 7) is 2.68. The third-order valence-corrected chi connectivity index (χ3v) is 6.21. The van der Waals surface area contributed by atoms with Crippen LogP contribution in [0.3, 0.4) is 0 Å². The van der Waals surface area contributed by atoms with E-state index in [9.17, 15) is 4.79 Å². The van der Waals surface area contributed by atoms with Crippen molar-refractivity contribution in [3.63, 3.8) is 0 Å². The van der Waals surface area contributed by atoms with Crippen molar-refractivity contribution in [3.05, 3.63) is 48.5 Å². The Balaban J connectivity index is 1.24. The Bertz CT molecular complexity index is 952. The number of amides is 1. The summed E-state index contributed by atoms with van der Waals surface area (Å²) in [5.41, 5.74) is 0.990. The van der Waals surface area contributed by atoms with Gasteiger partial charge in [-0.1, -0.05) is 29.5 Å². The highest BCUT2D eigenvalue weighted by Gasteiger charge is 2.26. The number of hydrogen-bond donors (Lipinski definition) is 1. The van der Waals surface area contributed by atoms with E-state index in [0.29, 0.717) is 13.2 Å². The number of hydrogen-bond acceptors (Lipinski definition) is 6. The Morgan fingerprint density at radius 3 is 2.72 bits per heavy atom. The second kappa shape index (κ2) is 9.13. The summed E-state index contributed by atoms with van der Waals surface area (Å²) >= 11 is 1.68. The summed E-state index contributed by atoms with van der Waals surface area (Å²) in [6, 6.07) is 15.6. The summed E-state index contributed by atoms with van der Waals surface area (Å²) in [6.07, 6.45) is 1.68. The topological polar surface area (TPSA) is 63.7 Å². The number of anilines is 1. The number of piperidine rings is 1. The molecule has 1 amide bonds. The predicted octanol–water partition coefficient (Wildman–Crippen LogP) is 3.72. The van der Waals surface area contributed by atoms with Gasteiger partial charge in [0.15, 0.2) is 5.13 Å². The Morgan fingerprint density at radius 2 is 1.97 bits per heavy atom. The molecule has 6 nitrogen and oxygen atoms in total. The Hall–Kier alpha value is -2.80. The molecule has 0 spiro atoms. The monoisotopic (exact) mass is 411 g/mol. The first kappa shape index (κ1) is 19.5. The highest BCUT2D eigenvalue weighted by molar-refractivity contribution is 7.22. The van der Waals surface area contributed by atoms with E-state index in [1.807, 2.05) is 48.5 Å². The molecule has 2 aromatic carbocycles. The molecule has 3 aromatic rings. The molecule has 0 radical (unpaired) electrons. The molecular formula is C22H25N3O3S. The minimum Gasteiger partial charge on any atom is -0.497 e. The minimum atomic E-state index is 0.0532. The van der Waals surface area contributed by atoms with Gasteiger partial charge in [0.25, 0.3) is 0 Å². The SMILES string of the molecule is COc1ccc2nc(N3CCC(C(=O)NCCOc4ccccc4)CC3)sc2c1. The van der Waals surface area contributed by atoms with Gasteiger partial charge in [0.2, 0.25) is 5.91 Å². The molecule has 0 bridgehead atoms. The van der Waals surface area contributed by atoms with Crippen LogP contribution in [0, 0.1) is 5.92 Å². The first-order chi connectivity index (χ1) is 14.2. The summed E-state index contributed by atoms with van der Waals surface area (Å²) in [4.78, 5) is 19.5. The van der Waals surface area contributed by atoms with E-state index in [4.69, 9.17) is 14.5 Å². The number of carbonyl (C=O) groups is 1.